The molecule has 1 N–H and O–H groups in total. The van der Waals surface area contributed by atoms with Gasteiger partial charge in [0.2, 0.25) is 0 Å². The smallest absolute Gasteiger partial charge is 0.358 e. The van der Waals surface area contributed by atoms with Crippen LogP contribution in [0, 0.1) is 5.92 Å². The third kappa shape index (κ3) is 6.03. The zero-order chi connectivity index (χ0) is 10.6. The van der Waals surface area contributed by atoms with E-state index in [2.05, 4.69) is 5.32 Å². The van der Waals surface area contributed by atoms with Crippen LogP contribution in [0.25, 0.3) is 0 Å². The quantitative estimate of drug-likeness (QED) is 0.628. The van der Waals surface area contributed by atoms with Gasteiger partial charge in [0.1, 0.15) is 0 Å². The lowest BCUT2D eigenvalue weighted by molar-refractivity contribution is -0.144. The maximum absolute atomic E-state index is 11.1. The molecular formula is C8H13Cl4NO2. The van der Waals surface area contributed by atoms with E-state index in [1.807, 2.05) is 0 Å². The Bertz CT molecular complexity index is 201. The monoisotopic (exact) mass is 295 g/mol. The van der Waals surface area contributed by atoms with Gasteiger partial charge in [0.25, 0.3) is 3.79 Å². The van der Waals surface area contributed by atoms with Crippen LogP contribution in [0.15, 0.2) is 0 Å². The molecule has 1 aliphatic rings. The van der Waals surface area contributed by atoms with Gasteiger partial charge in [0.05, 0.1) is 6.61 Å². The molecule has 1 saturated heterocycles. The summed E-state index contributed by atoms with van der Waals surface area (Å²) in [6.45, 7) is 2.20. The number of alkyl halides is 3. The van der Waals surface area contributed by atoms with Gasteiger partial charge in [-0.25, -0.2) is 4.79 Å². The highest BCUT2D eigenvalue weighted by Gasteiger charge is 2.33. The molecule has 0 aromatic rings. The number of nitrogens with one attached hydrogen (secondary N) is 1. The highest BCUT2D eigenvalue weighted by Crippen LogP contribution is 2.27. The van der Waals surface area contributed by atoms with Crippen molar-refractivity contribution in [1.82, 2.24) is 5.32 Å². The van der Waals surface area contributed by atoms with E-state index in [9.17, 15) is 4.79 Å². The Balaban J connectivity index is 0.00000196. The van der Waals surface area contributed by atoms with Gasteiger partial charge in [0.15, 0.2) is 0 Å². The number of carbonyl (C=O) groups is 1. The molecule has 7 heteroatoms. The van der Waals surface area contributed by atoms with Crippen LogP contribution in [0.4, 0.5) is 0 Å². The first-order valence-corrected chi connectivity index (χ1v) is 5.58. The van der Waals surface area contributed by atoms with Crippen molar-refractivity contribution >= 4 is 53.2 Å². The molecule has 0 aromatic heterocycles. The van der Waals surface area contributed by atoms with Crippen LogP contribution in [0.5, 0.6) is 0 Å². The highest BCUT2D eigenvalue weighted by atomic mass is 35.6. The van der Waals surface area contributed by atoms with Gasteiger partial charge >= 0.3 is 5.97 Å². The van der Waals surface area contributed by atoms with Gasteiger partial charge < -0.3 is 10.1 Å². The fourth-order valence-electron chi connectivity index (χ4n) is 1.34. The van der Waals surface area contributed by atoms with E-state index < -0.39 is 9.76 Å². The molecule has 3 nitrogen and oxygen atoms in total. The molecule has 1 unspecified atom stereocenters. The Kier molecular flexibility index (Phi) is 7.30. The molecular weight excluding hydrogens is 284 g/mol. The lowest BCUT2D eigenvalue weighted by atomic mass is 10.0. The molecule has 1 atom stereocenters. The van der Waals surface area contributed by atoms with Crippen LogP contribution in [0.2, 0.25) is 0 Å². The second-order valence-corrected chi connectivity index (χ2v) is 5.59. The van der Waals surface area contributed by atoms with Gasteiger partial charge in [-0.15, -0.1) is 12.4 Å². The van der Waals surface area contributed by atoms with Crippen molar-refractivity contribution in [1.29, 1.82) is 0 Å². The summed E-state index contributed by atoms with van der Waals surface area (Å²) in [6, 6.07) is 0. The summed E-state index contributed by atoms with van der Waals surface area (Å²) < 4.78 is 2.91. The fourth-order valence-corrected chi connectivity index (χ4v) is 1.51. The number of hydrogen-bond acceptors (Lipinski definition) is 3. The molecule has 0 radical (unpaired) electrons. The van der Waals surface area contributed by atoms with E-state index in [1.54, 1.807) is 0 Å². The molecule has 0 amide bonds. The maximum Gasteiger partial charge on any atom is 0.358 e. The van der Waals surface area contributed by atoms with Crippen molar-refractivity contribution in [3.8, 4) is 0 Å². The zero-order valence-corrected chi connectivity index (χ0v) is 11.1. The van der Waals surface area contributed by atoms with Crippen molar-refractivity contribution in [2.24, 2.45) is 5.92 Å². The van der Waals surface area contributed by atoms with Crippen LogP contribution in [0.1, 0.15) is 12.8 Å². The Hall–Kier alpha value is 0.590. The molecule has 0 saturated carbocycles. The van der Waals surface area contributed by atoms with E-state index in [4.69, 9.17) is 39.5 Å². The number of halogens is 4. The molecule has 90 valence electrons. The van der Waals surface area contributed by atoms with Crippen molar-refractivity contribution in [2.45, 2.75) is 16.6 Å². The molecule has 0 aromatic carbocycles. The lowest BCUT2D eigenvalue weighted by Crippen LogP contribution is -2.34. The van der Waals surface area contributed by atoms with Gasteiger partial charge in [-0.05, 0) is 19.4 Å². The molecule has 1 fully saturated rings. The van der Waals surface area contributed by atoms with E-state index in [0.717, 1.165) is 25.9 Å². The molecule has 0 spiro atoms. The minimum atomic E-state index is -1.96. The predicted octanol–water partition coefficient (Wildman–Crippen LogP) is 2.32. The summed E-state index contributed by atoms with van der Waals surface area (Å²) in [5.74, 6) is -0.465. The lowest BCUT2D eigenvalue weighted by Gasteiger charge is -2.22. The zero-order valence-electron chi connectivity index (χ0n) is 7.97. The summed E-state index contributed by atoms with van der Waals surface area (Å²) in [7, 11) is 0. The summed E-state index contributed by atoms with van der Waals surface area (Å²) in [5.41, 5.74) is 0. The van der Waals surface area contributed by atoms with Crippen molar-refractivity contribution < 1.29 is 9.53 Å². The first-order valence-electron chi connectivity index (χ1n) is 4.45. The number of hydrogen-bond donors (Lipinski definition) is 1. The predicted molar refractivity (Wildman–Crippen MR) is 64.1 cm³/mol. The van der Waals surface area contributed by atoms with E-state index in [1.165, 1.54) is 0 Å². The minimum absolute atomic E-state index is 0. The average molecular weight is 297 g/mol. The Labute approximate surface area is 110 Å². The van der Waals surface area contributed by atoms with Crippen molar-refractivity contribution in [2.75, 3.05) is 19.7 Å². The molecule has 0 bridgehead atoms. The van der Waals surface area contributed by atoms with Crippen molar-refractivity contribution in [3.63, 3.8) is 0 Å². The van der Waals surface area contributed by atoms with Gasteiger partial charge in [-0.3, -0.25) is 0 Å². The topological polar surface area (TPSA) is 38.3 Å². The van der Waals surface area contributed by atoms with Crippen LogP contribution in [-0.4, -0.2) is 29.5 Å². The third-order valence-electron chi connectivity index (χ3n) is 2.08. The number of ether oxygens (including phenoxy) is 1. The number of carbonyl (C=O) groups excluding carboxylic acids is 1. The second kappa shape index (κ2) is 7.02. The van der Waals surface area contributed by atoms with E-state index in [0.29, 0.717) is 12.5 Å². The van der Waals surface area contributed by atoms with E-state index in [-0.39, 0.29) is 12.4 Å². The van der Waals surface area contributed by atoms with Crippen LogP contribution in [0.3, 0.4) is 0 Å². The summed E-state index contributed by atoms with van der Waals surface area (Å²) in [6.07, 6.45) is 2.14. The summed E-state index contributed by atoms with van der Waals surface area (Å²) in [4.78, 5) is 11.1. The van der Waals surface area contributed by atoms with Crippen molar-refractivity contribution in [3.05, 3.63) is 0 Å². The highest BCUT2D eigenvalue weighted by molar-refractivity contribution is 6.75. The fraction of sp³-hybridized carbons (Fsp3) is 0.875. The SMILES string of the molecule is Cl.O=C(OCC1CCCNC1)C(Cl)(Cl)Cl. The maximum atomic E-state index is 11.1. The first kappa shape index (κ1) is 15.6. The number of esters is 1. The van der Waals surface area contributed by atoms with Crippen LogP contribution >= 0.6 is 47.2 Å². The molecule has 1 rings (SSSR count). The van der Waals surface area contributed by atoms with Crippen LogP contribution < -0.4 is 5.32 Å². The summed E-state index contributed by atoms with van der Waals surface area (Å²) >= 11 is 16.0. The van der Waals surface area contributed by atoms with Gasteiger partial charge in [-0.1, -0.05) is 34.8 Å². The third-order valence-corrected chi connectivity index (χ3v) is 2.54. The molecule has 0 aliphatic carbocycles. The number of rotatable bonds is 2. The van der Waals surface area contributed by atoms with Gasteiger partial charge in [-0.2, -0.15) is 0 Å². The van der Waals surface area contributed by atoms with Crippen LogP contribution in [-0.2, 0) is 9.53 Å². The Morgan fingerprint density at radius 1 is 1.47 bits per heavy atom. The Morgan fingerprint density at radius 3 is 2.60 bits per heavy atom. The molecule has 15 heavy (non-hydrogen) atoms. The average Bonchev–Trinajstić information content (AvgIpc) is 2.14. The number of piperidine rings is 1. The first-order chi connectivity index (χ1) is 6.50. The normalized spacial score (nSPS) is 21.7. The van der Waals surface area contributed by atoms with Gasteiger partial charge in [0, 0.05) is 12.5 Å². The second-order valence-electron chi connectivity index (χ2n) is 3.31. The molecule has 1 aliphatic heterocycles. The largest absolute Gasteiger partial charge is 0.462 e. The molecule has 1 heterocycles. The van der Waals surface area contributed by atoms with E-state index >= 15 is 0 Å². The Morgan fingerprint density at radius 2 is 2.13 bits per heavy atom. The summed E-state index contributed by atoms with van der Waals surface area (Å²) in [5, 5.41) is 3.21. The standard InChI is InChI=1S/C8H12Cl3NO2.ClH/c9-8(10,11)7(13)14-5-6-2-1-3-12-4-6;/h6,12H,1-5H2;1H. The minimum Gasteiger partial charge on any atom is -0.462 e.